The van der Waals surface area contributed by atoms with Crippen molar-refractivity contribution in [1.29, 1.82) is 0 Å². The van der Waals surface area contributed by atoms with Gasteiger partial charge >= 0.3 is 11.9 Å². The van der Waals surface area contributed by atoms with E-state index >= 15 is 0 Å². The van der Waals surface area contributed by atoms with Gasteiger partial charge in [0.1, 0.15) is 0 Å². The zero-order valence-corrected chi connectivity index (χ0v) is 9.75. The minimum atomic E-state index is -0.250. The second-order valence-electron chi connectivity index (χ2n) is 3.20. The molecule has 1 atom stereocenters. The first-order valence-electron chi connectivity index (χ1n) is 5.47. The monoisotopic (exact) mass is 216 g/mol. The van der Waals surface area contributed by atoms with Crippen LogP contribution in [-0.2, 0) is 19.1 Å². The fraction of sp³-hybridized carbons (Fsp3) is 0.818. The molecule has 0 aromatic heterocycles. The second kappa shape index (κ2) is 8.26. The molecule has 0 saturated heterocycles. The van der Waals surface area contributed by atoms with Crippen molar-refractivity contribution in [2.45, 2.75) is 40.0 Å². The van der Waals surface area contributed by atoms with Gasteiger partial charge in [-0.05, 0) is 26.7 Å². The van der Waals surface area contributed by atoms with Gasteiger partial charge in [0.05, 0.1) is 19.1 Å². The number of hydrogen-bond donors (Lipinski definition) is 0. The van der Waals surface area contributed by atoms with Gasteiger partial charge in [0.25, 0.3) is 0 Å². The molecule has 0 saturated carbocycles. The van der Waals surface area contributed by atoms with Gasteiger partial charge in [0, 0.05) is 6.42 Å². The normalized spacial score (nSPS) is 11.9. The summed E-state index contributed by atoms with van der Waals surface area (Å²) in [6.07, 6.45) is 1.48. The maximum atomic E-state index is 11.4. The molecule has 0 N–H and O–H groups in total. The number of ether oxygens (including phenoxy) is 2. The topological polar surface area (TPSA) is 52.6 Å². The average molecular weight is 216 g/mol. The molecule has 0 spiro atoms. The predicted octanol–water partition coefficient (Wildman–Crippen LogP) is 1.92. The Morgan fingerprint density at radius 2 is 1.67 bits per heavy atom. The molecule has 1 unspecified atom stereocenters. The van der Waals surface area contributed by atoms with Gasteiger partial charge in [0.2, 0.25) is 0 Å². The zero-order chi connectivity index (χ0) is 11.7. The summed E-state index contributed by atoms with van der Waals surface area (Å²) < 4.78 is 9.68. The van der Waals surface area contributed by atoms with Crippen LogP contribution < -0.4 is 0 Å². The van der Waals surface area contributed by atoms with E-state index in [1.807, 2.05) is 6.92 Å². The van der Waals surface area contributed by atoms with Crippen LogP contribution in [-0.4, -0.2) is 25.2 Å². The molecule has 4 heteroatoms. The Bertz CT molecular complexity index is 201. The van der Waals surface area contributed by atoms with E-state index in [9.17, 15) is 9.59 Å². The van der Waals surface area contributed by atoms with E-state index in [1.165, 1.54) is 0 Å². The first-order chi connectivity index (χ1) is 7.15. The van der Waals surface area contributed by atoms with Crippen molar-refractivity contribution in [2.24, 2.45) is 5.92 Å². The molecule has 0 aromatic carbocycles. The first-order valence-corrected chi connectivity index (χ1v) is 5.47. The van der Waals surface area contributed by atoms with Crippen molar-refractivity contribution >= 4 is 11.9 Å². The third-order valence-electron chi connectivity index (χ3n) is 2.11. The number of carbonyl (C=O) groups excluding carboxylic acids is 2. The van der Waals surface area contributed by atoms with Crippen LogP contribution in [0.15, 0.2) is 0 Å². The van der Waals surface area contributed by atoms with Crippen LogP contribution in [0.4, 0.5) is 0 Å². The van der Waals surface area contributed by atoms with E-state index < -0.39 is 0 Å². The fourth-order valence-corrected chi connectivity index (χ4v) is 1.27. The second-order valence-corrected chi connectivity index (χ2v) is 3.20. The highest BCUT2D eigenvalue weighted by Gasteiger charge is 2.18. The molecule has 15 heavy (non-hydrogen) atoms. The first kappa shape index (κ1) is 13.9. The van der Waals surface area contributed by atoms with Gasteiger partial charge in [-0.2, -0.15) is 0 Å². The van der Waals surface area contributed by atoms with E-state index in [4.69, 9.17) is 9.47 Å². The summed E-state index contributed by atoms with van der Waals surface area (Å²) in [6, 6.07) is 0. The Kier molecular flexibility index (Phi) is 7.68. The summed E-state index contributed by atoms with van der Waals surface area (Å²) in [5.41, 5.74) is 0. The van der Waals surface area contributed by atoms with Crippen molar-refractivity contribution < 1.29 is 19.1 Å². The molecule has 0 aromatic rings. The summed E-state index contributed by atoms with van der Waals surface area (Å²) >= 11 is 0. The zero-order valence-electron chi connectivity index (χ0n) is 9.75. The van der Waals surface area contributed by atoms with E-state index in [0.717, 1.165) is 0 Å². The van der Waals surface area contributed by atoms with Crippen LogP contribution in [0.1, 0.15) is 40.0 Å². The highest BCUT2D eigenvalue weighted by Crippen LogP contribution is 2.13. The van der Waals surface area contributed by atoms with Crippen molar-refractivity contribution in [3.8, 4) is 0 Å². The lowest BCUT2D eigenvalue weighted by Crippen LogP contribution is -2.18. The van der Waals surface area contributed by atoms with Crippen LogP contribution in [0.2, 0.25) is 0 Å². The van der Waals surface area contributed by atoms with Crippen LogP contribution >= 0.6 is 0 Å². The molecule has 0 heterocycles. The van der Waals surface area contributed by atoms with Gasteiger partial charge in [-0.1, -0.05) is 6.92 Å². The highest BCUT2D eigenvalue weighted by molar-refractivity contribution is 5.74. The Labute approximate surface area is 90.9 Å². The molecule has 0 aliphatic carbocycles. The third kappa shape index (κ3) is 6.10. The van der Waals surface area contributed by atoms with Crippen molar-refractivity contribution in [3.05, 3.63) is 0 Å². The maximum absolute atomic E-state index is 11.4. The van der Waals surface area contributed by atoms with Crippen molar-refractivity contribution in [3.63, 3.8) is 0 Å². The molecule has 0 rings (SSSR count). The molecule has 0 aliphatic heterocycles. The van der Waals surface area contributed by atoms with Gasteiger partial charge < -0.3 is 9.47 Å². The minimum absolute atomic E-state index is 0.186. The summed E-state index contributed by atoms with van der Waals surface area (Å²) in [7, 11) is 0. The summed E-state index contributed by atoms with van der Waals surface area (Å²) in [5, 5.41) is 0. The Balaban J connectivity index is 3.89. The van der Waals surface area contributed by atoms with E-state index in [-0.39, 0.29) is 24.3 Å². The van der Waals surface area contributed by atoms with Gasteiger partial charge in [-0.15, -0.1) is 0 Å². The summed E-state index contributed by atoms with van der Waals surface area (Å²) in [6.45, 7) is 6.22. The minimum Gasteiger partial charge on any atom is -0.466 e. The van der Waals surface area contributed by atoms with Crippen LogP contribution in [0.25, 0.3) is 0 Å². The Morgan fingerprint density at radius 3 is 2.13 bits per heavy atom. The maximum Gasteiger partial charge on any atom is 0.308 e. The Morgan fingerprint density at radius 1 is 1.07 bits per heavy atom. The molecular weight excluding hydrogens is 196 g/mol. The number of rotatable bonds is 7. The molecule has 4 nitrogen and oxygen atoms in total. The van der Waals surface area contributed by atoms with Crippen molar-refractivity contribution in [1.82, 2.24) is 0 Å². The SMILES string of the molecule is CCOC(=O)CCC(CC)C(=O)OCC. The lowest BCUT2D eigenvalue weighted by Gasteiger charge is -2.12. The average Bonchev–Trinajstić information content (AvgIpc) is 2.19. The highest BCUT2D eigenvalue weighted by atomic mass is 16.5. The largest absolute Gasteiger partial charge is 0.466 e. The quantitative estimate of drug-likeness (QED) is 0.610. The number of hydrogen-bond acceptors (Lipinski definition) is 4. The standard InChI is InChI=1S/C11H20O4/c1-4-9(11(13)15-6-3)7-8-10(12)14-5-2/h9H,4-8H2,1-3H3. The van der Waals surface area contributed by atoms with Crippen molar-refractivity contribution in [2.75, 3.05) is 13.2 Å². The lowest BCUT2D eigenvalue weighted by molar-refractivity contribution is -0.149. The molecule has 0 bridgehead atoms. The van der Waals surface area contributed by atoms with Gasteiger partial charge in [0.15, 0.2) is 0 Å². The van der Waals surface area contributed by atoms with E-state index in [0.29, 0.717) is 26.1 Å². The smallest absolute Gasteiger partial charge is 0.308 e. The fourth-order valence-electron chi connectivity index (χ4n) is 1.27. The number of esters is 2. The van der Waals surface area contributed by atoms with Crippen LogP contribution in [0.3, 0.4) is 0 Å². The summed E-state index contributed by atoms with van der Waals surface area (Å²) in [5.74, 6) is -0.654. The van der Waals surface area contributed by atoms with Gasteiger partial charge in [-0.3, -0.25) is 9.59 Å². The summed E-state index contributed by atoms with van der Waals surface area (Å²) in [4.78, 5) is 22.4. The van der Waals surface area contributed by atoms with Crippen LogP contribution in [0.5, 0.6) is 0 Å². The molecule has 88 valence electrons. The van der Waals surface area contributed by atoms with Crippen LogP contribution in [0, 0.1) is 5.92 Å². The molecule has 0 fully saturated rings. The number of carbonyl (C=O) groups is 2. The molecule has 0 amide bonds. The predicted molar refractivity (Wildman–Crippen MR) is 56.3 cm³/mol. The third-order valence-corrected chi connectivity index (χ3v) is 2.11. The molecule has 0 radical (unpaired) electrons. The van der Waals surface area contributed by atoms with E-state index in [2.05, 4.69) is 0 Å². The Hall–Kier alpha value is -1.06. The molecule has 0 aliphatic rings. The molecular formula is C11H20O4. The lowest BCUT2D eigenvalue weighted by atomic mass is 10.0. The van der Waals surface area contributed by atoms with E-state index in [1.54, 1.807) is 13.8 Å². The van der Waals surface area contributed by atoms with Gasteiger partial charge in [-0.25, -0.2) is 0 Å².